The molecule has 6 heteroatoms. The predicted octanol–water partition coefficient (Wildman–Crippen LogP) is 3.05. The van der Waals surface area contributed by atoms with Crippen molar-refractivity contribution < 1.29 is 24.2 Å². The number of anilines is 2. The SMILES string of the molecule is COC(=O)c1ccc2c(c1)N(C)c1ccc(C(=O)O)cc1O2. The number of carboxylic acid groups (broad SMARTS) is 1. The molecule has 0 aliphatic carbocycles. The Hall–Kier alpha value is -3.02. The predicted molar refractivity (Wildman–Crippen MR) is 79.3 cm³/mol. The smallest absolute Gasteiger partial charge is 0.337 e. The number of carbonyl (C=O) groups is 2. The van der Waals surface area contributed by atoms with E-state index in [1.54, 1.807) is 24.3 Å². The number of hydrogen-bond donors (Lipinski definition) is 1. The number of aromatic carboxylic acids is 1. The number of carbonyl (C=O) groups excluding carboxylic acids is 1. The number of rotatable bonds is 2. The van der Waals surface area contributed by atoms with Crippen LogP contribution in [0.4, 0.5) is 11.4 Å². The molecule has 6 nitrogen and oxygen atoms in total. The fourth-order valence-corrected chi connectivity index (χ4v) is 2.36. The lowest BCUT2D eigenvalue weighted by Crippen LogP contribution is -2.17. The standard InChI is InChI=1S/C16H13NO5/c1-17-11-5-3-9(15(18)19)8-14(11)22-13-6-4-10(7-12(13)17)16(20)21-2/h3-8H,1-2H3,(H,18,19). The van der Waals surface area contributed by atoms with E-state index in [-0.39, 0.29) is 5.56 Å². The van der Waals surface area contributed by atoms with Gasteiger partial charge in [0.15, 0.2) is 11.5 Å². The average Bonchev–Trinajstić information content (AvgIpc) is 2.53. The van der Waals surface area contributed by atoms with Gasteiger partial charge in [0.05, 0.1) is 29.6 Å². The molecule has 0 unspecified atom stereocenters. The van der Waals surface area contributed by atoms with Crippen molar-refractivity contribution in [1.82, 2.24) is 0 Å². The molecule has 1 N–H and O–H groups in total. The molecule has 1 heterocycles. The highest BCUT2D eigenvalue weighted by atomic mass is 16.5. The molecule has 0 saturated heterocycles. The Bertz CT molecular complexity index is 784. The molecule has 0 bridgehead atoms. The fraction of sp³-hybridized carbons (Fsp3) is 0.125. The minimum absolute atomic E-state index is 0.154. The van der Waals surface area contributed by atoms with Gasteiger partial charge < -0.3 is 19.5 Å². The molecular formula is C16H13NO5. The number of fused-ring (bicyclic) bond motifs is 2. The molecule has 0 saturated carbocycles. The molecule has 1 aliphatic heterocycles. The number of carboxylic acids is 1. The van der Waals surface area contributed by atoms with E-state index < -0.39 is 11.9 Å². The highest BCUT2D eigenvalue weighted by Crippen LogP contribution is 2.46. The molecular weight excluding hydrogens is 286 g/mol. The number of methoxy groups -OCH3 is 1. The van der Waals surface area contributed by atoms with Crippen molar-refractivity contribution in [3.63, 3.8) is 0 Å². The van der Waals surface area contributed by atoms with Crippen molar-refractivity contribution in [2.75, 3.05) is 19.1 Å². The molecule has 112 valence electrons. The topological polar surface area (TPSA) is 76.1 Å². The Morgan fingerprint density at radius 3 is 2.45 bits per heavy atom. The molecule has 0 fully saturated rings. The van der Waals surface area contributed by atoms with E-state index in [1.807, 2.05) is 11.9 Å². The summed E-state index contributed by atoms with van der Waals surface area (Å²) in [7, 11) is 3.15. The Morgan fingerprint density at radius 2 is 1.77 bits per heavy atom. The van der Waals surface area contributed by atoms with Crippen LogP contribution in [0.1, 0.15) is 20.7 Å². The van der Waals surface area contributed by atoms with E-state index in [9.17, 15) is 9.59 Å². The molecule has 0 spiro atoms. The van der Waals surface area contributed by atoms with E-state index in [0.717, 1.165) is 5.69 Å². The van der Waals surface area contributed by atoms with Gasteiger partial charge in [-0.2, -0.15) is 0 Å². The third kappa shape index (κ3) is 2.14. The number of benzene rings is 2. The van der Waals surface area contributed by atoms with Crippen LogP contribution in [0.2, 0.25) is 0 Å². The molecule has 3 rings (SSSR count). The molecule has 2 aromatic carbocycles. The van der Waals surface area contributed by atoms with Gasteiger partial charge in [-0.1, -0.05) is 0 Å². The Labute approximate surface area is 126 Å². The largest absolute Gasteiger partial charge is 0.478 e. The van der Waals surface area contributed by atoms with Crippen LogP contribution in [-0.2, 0) is 4.74 Å². The fourth-order valence-electron chi connectivity index (χ4n) is 2.36. The van der Waals surface area contributed by atoms with Crippen molar-refractivity contribution in [2.24, 2.45) is 0 Å². The number of nitrogens with zero attached hydrogens (tertiary/aromatic N) is 1. The second-order valence-corrected chi connectivity index (χ2v) is 4.82. The van der Waals surface area contributed by atoms with Crippen LogP contribution in [0.15, 0.2) is 36.4 Å². The molecule has 2 aromatic rings. The summed E-state index contributed by atoms with van der Waals surface area (Å²) in [5.41, 5.74) is 2.00. The monoisotopic (exact) mass is 299 g/mol. The van der Waals surface area contributed by atoms with E-state index in [2.05, 4.69) is 0 Å². The summed E-state index contributed by atoms with van der Waals surface area (Å²) < 4.78 is 10.5. The first-order valence-corrected chi connectivity index (χ1v) is 6.52. The first-order valence-electron chi connectivity index (χ1n) is 6.52. The van der Waals surface area contributed by atoms with E-state index >= 15 is 0 Å². The van der Waals surface area contributed by atoms with Gasteiger partial charge in [0.1, 0.15) is 0 Å². The van der Waals surface area contributed by atoms with Gasteiger partial charge in [-0.05, 0) is 36.4 Å². The minimum Gasteiger partial charge on any atom is -0.478 e. The number of ether oxygens (including phenoxy) is 2. The van der Waals surface area contributed by atoms with Crippen LogP contribution in [0.25, 0.3) is 0 Å². The molecule has 0 radical (unpaired) electrons. The maximum Gasteiger partial charge on any atom is 0.337 e. The summed E-state index contributed by atoms with van der Waals surface area (Å²) >= 11 is 0. The Kier molecular flexibility index (Phi) is 3.21. The van der Waals surface area contributed by atoms with E-state index in [4.69, 9.17) is 14.6 Å². The summed E-state index contributed by atoms with van der Waals surface area (Å²) in [5.74, 6) is -0.435. The van der Waals surface area contributed by atoms with E-state index in [0.29, 0.717) is 22.7 Å². The second-order valence-electron chi connectivity index (χ2n) is 4.82. The minimum atomic E-state index is -1.01. The number of hydrogen-bond acceptors (Lipinski definition) is 5. The normalized spacial score (nSPS) is 12.0. The van der Waals surface area contributed by atoms with Crippen molar-refractivity contribution in [3.8, 4) is 11.5 Å². The molecule has 22 heavy (non-hydrogen) atoms. The Morgan fingerprint density at radius 1 is 1.05 bits per heavy atom. The van der Waals surface area contributed by atoms with Crippen LogP contribution in [0.3, 0.4) is 0 Å². The first kappa shape index (κ1) is 13.9. The van der Waals surface area contributed by atoms with Gasteiger partial charge in [-0.3, -0.25) is 0 Å². The lowest BCUT2D eigenvalue weighted by Gasteiger charge is -2.30. The Balaban J connectivity index is 2.06. The van der Waals surface area contributed by atoms with Crippen molar-refractivity contribution in [2.45, 2.75) is 0 Å². The lowest BCUT2D eigenvalue weighted by molar-refractivity contribution is 0.0599. The van der Waals surface area contributed by atoms with Crippen LogP contribution < -0.4 is 9.64 Å². The third-order valence-corrected chi connectivity index (χ3v) is 3.53. The average molecular weight is 299 g/mol. The quantitative estimate of drug-likeness (QED) is 0.859. The van der Waals surface area contributed by atoms with Gasteiger partial charge in [0, 0.05) is 7.05 Å². The summed E-state index contributed by atoms with van der Waals surface area (Å²) in [4.78, 5) is 24.5. The second kappa shape index (κ2) is 5.07. The summed E-state index contributed by atoms with van der Waals surface area (Å²) in [5, 5.41) is 9.05. The summed E-state index contributed by atoms with van der Waals surface area (Å²) in [6, 6.07) is 9.60. The van der Waals surface area contributed by atoms with Gasteiger partial charge in [-0.25, -0.2) is 9.59 Å². The highest BCUT2D eigenvalue weighted by molar-refractivity contribution is 5.93. The van der Waals surface area contributed by atoms with Gasteiger partial charge >= 0.3 is 11.9 Å². The molecule has 0 aromatic heterocycles. The van der Waals surface area contributed by atoms with Crippen LogP contribution >= 0.6 is 0 Å². The molecule has 0 atom stereocenters. The van der Waals surface area contributed by atoms with Crippen molar-refractivity contribution >= 4 is 23.3 Å². The summed E-state index contributed by atoms with van der Waals surface area (Å²) in [6.45, 7) is 0. The zero-order chi connectivity index (χ0) is 15.9. The van der Waals surface area contributed by atoms with Gasteiger partial charge in [0.25, 0.3) is 0 Å². The van der Waals surface area contributed by atoms with Gasteiger partial charge in [-0.15, -0.1) is 0 Å². The van der Waals surface area contributed by atoms with Crippen LogP contribution in [-0.4, -0.2) is 31.2 Å². The van der Waals surface area contributed by atoms with Gasteiger partial charge in [0.2, 0.25) is 0 Å². The lowest BCUT2D eigenvalue weighted by atomic mass is 10.1. The zero-order valence-electron chi connectivity index (χ0n) is 12.0. The third-order valence-electron chi connectivity index (χ3n) is 3.53. The maximum atomic E-state index is 11.6. The van der Waals surface area contributed by atoms with Crippen LogP contribution in [0.5, 0.6) is 11.5 Å². The van der Waals surface area contributed by atoms with Crippen molar-refractivity contribution in [3.05, 3.63) is 47.5 Å². The summed E-state index contributed by atoms with van der Waals surface area (Å²) in [6.07, 6.45) is 0. The first-order chi connectivity index (χ1) is 10.5. The van der Waals surface area contributed by atoms with Crippen LogP contribution in [0, 0.1) is 0 Å². The molecule has 0 amide bonds. The van der Waals surface area contributed by atoms with Crippen molar-refractivity contribution in [1.29, 1.82) is 0 Å². The molecule has 1 aliphatic rings. The number of esters is 1. The zero-order valence-corrected chi connectivity index (χ0v) is 12.0. The maximum absolute atomic E-state index is 11.6. The van der Waals surface area contributed by atoms with E-state index in [1.165, 1.54) is 19.2 Å². The highest BCUT2D eigenvalue weighted by Gasteiger charge is 2.24.